The maximum absolute atomic E-state index is 4.76. The van der Waals surface area contributed by atoms with Crippen LogP contribution in [-0.4, -0.2) is 19.4 Å². The number of thioether (sulfide) groups is 1. The van der Waals surface area contributed by atoms with Crippen LogP contribution in [0.4, 0.5) is 0 Å². The summed E-state index contributed by atoms with van der Waals surface area (Å²) >= 11 is 3.42. The molecule has 0 spiro atoms. The highest BCUT2D eigenvalue weighted by molar-refractivity contribution is 7.98. The molecule has 0 amide bonds. The van der Waals surface area contributed by atoms with E-state index in [4.69, 9.17) is 4.98 Å². The lowest BCUT2D eigenvalue weighted by Gasteiger charge is -1.99. The van der Waals surface area contributed by atoms with E-state index in [1.165, 1.54) is 16.0 Å². The molecule has 5 aromatic rings. The first-order valence-electron chi connectivity index (χ1n) is 8.64. The van der Waals surface area contributed by atoms with Crippen molar-refractivity contribution in [2.75, 3.05) is 0 Å². The molecule has 0 atom stereocenters. The van der Waals surface area contributed by atoms with Crippen LogP contribution in [0, 0.1) is 6.92 Å². The number of imidazole rings is 1. The van der Waals surface area contributed by atoms with Crippen LogP contribution in [-0.2, 0) is 5.75 Å². The fraction of sp³-hybridized carbons (Fsp3) is 0.0952. The van der Waals surface area contributed by atoms with Crippen molar-refractivity contribution in [2.24, 2.45) is 0 Å². The van der Waals surface area contributed by atoms with Crippen LogP contribution in [0.25, 0.3) is 26.3 Å². The third-order valence-electron chi connectivity index (χ3n) is 4.44. The summed E-state index contributed by atoms with van der Waals surface area (Å²) in [6, 6.07) is 16.8. The molecule has 0 N–H and O–H groups in total. The van der Waals surface area contributed by atoms with E-state index in [1.807, 2.05) is 18.3 Å². The van der Waals surface area contributed by atoms with E-state index >= 15 is 0 Å². The second-order valence-electron chi connectivity index (χ2n) is 6.32. The van der Waals surface area contributed by atoms with Gasteiger partial charge in [0.1, 0.15) is 21.8 Å². The van der Waals surface area contributed by atoms with Crippen LogP contribution in [0.5, 0.6) is 0 Å². The predicted molar refractivity (Wildman–Crippen MR) is 112 cm³/mol. The van der Waals surface area contributed by atoms with E-state index in [9.17, 15) is 0 Å². The van der Waals surface area contributed by atoms with Crippen LogP contribution < -0.4 is 0 Å². The monoisotopic (exact) mass is 388 g/mol. The number of fused-ring (bicyclic) bond motifs is 2. The zero-order valence-corrected chi connectivity index (χ0v) is 16.3. The zero-order chi connectivity index (χ0) is 18.2. The Morgan fingerprint density at radius 3 is 2.81 bits per heavy atom. The highest BCUT2D eigenvalue weighted by atomic mass is 32.2. The molecule has 0 fully saturated rings. The fourth-order valence-corrected chi connectivity index (χ4v) is 5.04. The third-order valence-corrected chi connectivity index (χ3v) is 6.57. The van der Waals surface area contributed by atoms with Crippen molar-refractivity contribution in [1.29, 1.82) is 0 Å². The summed E-state index contributed by atoms with van der Waals surface area (Å²) in [5, 5.41) is 2.12. The van der Waals surface area contributed by atoms with Gasteiger partial charge in [-0.1, -0.05) is 48.2 Å². The number of benzene rings is 1. The van der Waals surface area contributed by atoms with E-state index in [0.29, 0.717) is 0 Å². The van der Waals surface area contributed by atoms with Crippen molar-refractivity contribution in [1.82, 2.24) is 19.4 Å². The van der Waals surface area contributed by atoms with E-state index < -0.39 is 0 Å². The Bertz CT molecular complexity index is 1240. The molecule has 4 aromatic heterocycles. The summed E-state index contributed by atoms with van der Waals surface area (Å²) in [6.07, 6.45) is 5.79. The quantitative estimate of drug-likeness (QED) is 0.297. The number of aryl methyl sites for hydroxylation is 1. The largest absolute Gasteiger partial charge is 0.307 e. The van der Waals surface area contributed by atoms with Crippen molar-refractivity contribution < 1.29 is 0 Å². The summed E-state index contributed by atoms with van der Waals surface area (Å²) in [5.74, 6) is 0.781. The molecule has 0 aliphatic carbocycles. The Balaban J connectivity index is 1.46. The van der Waals surface area contributed by atoms with Crippen LogP contribution in [0.1, 0.15) is 11.3 Å². The first kappa shape index (κ1) is 16.5. The van der Waals surface area contributed by atoms with Gasteiger partial charge in [-0.05, 0) is 30.2 Å². The number of thiophene rings is 1. The number of aromatic nitrogens is 4. The van der Waals surface area contributed by atoms with Gasteiger partial charge in [-0.2, -0.15) is 0 Å². The molecule has 27 heavy (non-hydrogen) atoms. The maximum Gasteiger partial charge on any atom is 0.139 e. The molecule has 0 saturated carbocycles. The molecular formula is C21H16N4S2. The molecule has 132 valence electrons. The number of hydrogen-bond acceptors (Lipinski definition) is 5. The molecule has 0 aliphatic rings. The number of rotatable bonds is 4. The molecule has 5 rings (SSSR count). The SMILES string of the molecule is Cc1cccn2cc(CSc3ncnc4sc(-c5ccccc5)cc34)nc12. The Morgan fingerprint density at radius 2 is 1.96 bits per heavy atom. The highest BCUT2D eigenvalue weighted by Crippen LogP contribution is 2.36. The second-order valence-corrected chi connectivity index (χ2v) is 8.31. The van der Waals surface area contributed by atoms with Crippen LogP contribution >= 0.6 is 23.1 Å². The minimum Gasteiger partial charge on any atom is -0.307 e. The summed E-state index contributed by atoms with van der Waals surface area (Å²) in [5.41, 5.74) is 4.47. The van der Waals surface area contributed by atoms with E-state index in [2.05, 4.69) is 63.9 Å². The van der Waals surface area contributed by atoms with Crippen molar-refractivity contribution >= 4 is 39.0 Å². The average molecular weight is 389 g/mol. The maximum atomic E-state index is 4.76. The van der Waals surface area contributed by atoms with Crippen LogP contribution in [0.2, 0.25) is 0 Å². The smallest absolute Gasteiger partial charge is 0.139 e. The van der Waals surface area contributed by atoms with Crippen molar-refractivity contribution in [3.63, 3.8) is 0 Å². The first-order valence-corrected chi connectivity index (χ1v) is 10.4. The van der Waals surface area contributed by atoms with Crippen LogP contribution in [0.15, 0.2) is 72.3 Å². The van der Waals surface area contributed by atoms with Gasteiger partial charge in [0.15, 0.2) is 0 Å². The third kappa shape index (κ3) is 3.11. The van der Waals surface area contributed by atoms with Gasteiger partial charge >= 0.3 is 0 Å². The molecule has 4 nitrogen and oxygen atoms in total. The molecule has 0 radical (unpaired) electrons. The van der Waals surface area contributed by atoms with E-state index in [1.54, 1.807) is 29.4 Å². The molecule has 4 heterocycles. The molecular weight excluding hydrogens is 372 g/mol. The van der Waals surface area contributed by atoms with Crippen molar-refractivity contribution in [3.8, 4) is 10.4 Å². The predicted octanol–water partition coefficient (Wildman–Crippen LogP) is 5.61. The number of nitrogens with zero attached hydrogens (tertiary/aromatic N) is 4. The Kier molecular flexibility index (Phi) is 4.14. The van der Waals surface area contributed by atoms with Crippen molar-refractivity contribution in [3.05, 3.63) is 78.5 Å². The molecule has 0 unspecified atom stereocenters. The summed E-state index contributed by atoms with van der Waals surface area (Å²) in [4.78, 5) is 16.0. The topological polar surface area (TPSA) is 43.1 Å². The van der Waals surface area contributed by atoms with Gasteiger partial charge in [0.05, 0.1) is 5.69 Å². The molecule has 0 aliphatic heterocycles. The summed E-state index contributed by atoms with van der Waals surface area (Å²) in [6.45, 7) is 2.09. The second kappa shape index (κ2) is 6.79. The van der Waals surface area contributed by atoms with Gasteiger partial charge in [0, 0.05) is 28.4 Å². The van der Waals surface area contributed by atoms with Gasteiger partial charge in [0.2, 0.25) is 0 Å². The van der Waals surface area contributed by atoms with Crippen LogP contribution in [0.3, 0.4) is 0 Å². The zero-order valence-electron chi connectivity index (χ0n) is 14.7. The van der Waals surface area contributed by atoms with Gasteiger partial charge in [-0.15, -0.1) is 11.3 Å². The fourth-order valence-electron chi connectivity index (χ4n) is 3.11. The van der Waals surface area contributed by atoms with Gasteiger partial charge < -0.3 is 4.40 Å². The highest BCUT2D eigenvalue weighted by Gasteiger charge is 2.12. The molecule has 1 aromatic carbocycles. The average Bonchev–Trinajstić information content (AvgIpc) is 3.32. The van der Waals surface area contributed by atoms with E-state index in [-0.39, 0.29) is 0 Å². The Morgan fingerprint density at radius 1 is 1.07 bits per heavy atom. The summed E-state index contributed by atoms with van der Waals surface area (Å²) < 4.78 is 2.08. The van der Waals surface area contributed by atoms with Crippen molar-refractivity contribution in [2.45, 2.75) is 17.7 Å². The van der Waals surface area contributed by atoms with Gasteiger partial charge in [-0.3, -0.25) is 0 Å². The normalized spacial score (nSPS) is 11.4. The van der Waals surface area contributed by atoms with Gasteiger partial charge in [0.25, 0.3) is 0 Å². The number of hydrogen-bond donors (Lipinski definition) is 0. The minimum absolute atomic E-state index is 0.781. The number of pyridine rings is 1. The molecule has 0 saturated heterocycles. The Hall–Kier alpha value is -2.70. The lowest BCUT2D eigenvalue weighted by atomic mass is 10.2. The van der Waals surface area contributed by atoms with E-state index in [0.717, 1.165) is 32.3 Å². The molecule has 6 heteroatoms. The first-order chi connectivity index (χ1) is 13.3. The molecule has 0 bridgehead atoms. The standard InChI is InChI=1S/C21H16N4S2/c1-14-6-5-9-25-11-16(24-19(14)25)12-26-20-17-10-18(15-7-3-2-4-8-15)27-21(17)23-13-22-20/h2-11,13H,12H2,1H3. The lowest BCUT2D eigenvalue weighted by molar-refractivity contribution is 1.10. The lowest BCUT2D eigenvalue weighted by Crippen LogP contribution is -1.85. The van der Waals surface area contributed by atoms with Gasteiger partial charge in [-0.25, -0.2) is 15.0 Å². The minimum atomic E-state index is 0.781. The Labute approximate surface area is 164 Å². The summed E-state index contributed by atoms with van der Waals surface area (Å²) in [7, 11) is 0.